The minimum Gasteiger partial charge on any atom is -0.330 e. The highest BCUT2D eigenvalue weighted by Crippen LogP contribution is 2.12. The van der Waals surface area contributed by atoms with Gasteiger partial charge >= 0.3 is 0 Å². The summed E-state index contributed by atoms with van der Waals surface area (Å²) in [5.41, 5.74) is 1.11. The Bertz CT molecular complexity index is 182. The summed E-state index contributed by atoms with van der Waals surface area (Å²) in [4.78, 5) is 10.9. The van der Waals surface area contributed by atoms with E-state index in [0.29, 0.717) is 12.3 Å². The minimum atomic E-state index is 0.170. The van der Waals surface area contributed by atoms with Gasteiger partial charge in [0.25, 0.3) is 0 Å². The standard InChI is InChI=1S/C9H15NO/c1-7(2)6-8-4-3-5-9(11)10-8/h4,7H,3,5-6H2,1-2H3,(H,10,11). The Kier molecular flexibility index (Phi) is 2.69. The Morgan fingerprint density at radius 2 is 2.36 bits per heavy atom. The topological polar surface area (TPSA) is 29.1 Å². The average molecular weight is 153 g/mol. The van der Waals surface area contributed by atoms with Crippen molar-refractivity contribution < 1.29 is 4.79 Å². The molecular weight excluding hydrogens is 138 g/mol. The van der Waals surface area contributed by atoms with Crippen molar-refractivity contribution in [2.75, 3.05) is 0 Å². The lowest BCUT2D eigenvalue weighted by Gasteiger charge is -2.15. The zero-order chi connectivity index (χ0) is 8.27. The fraction of sp³-hybridized carbons (Fsp3) is 0.667. The van der Waals surface area contributed by atoms with Gasteiger partial charge in [-0.2, -0.15) is 0 Å². The molecule has 0 atom stereocenters. The van der Waals surface area contributed by atoms with Crippen molar-refractivity contribution >= 4 is 5.91 Å². The first-order chi connectivity index (χ1) is 5.18. The van der Waals surface area contributed by atoms with Crippen molar-refractivity contribution in [1.82, 2.24) is 5.32 Å². The molecule has 0 aromatic rings. The molecule has 0 saturated heterocycles. The van der Waals surface area contributed by atoms with E-state index in [0.717, 1.165) is 18.5 Å². The molecule has 0 radical (unpaired) electrons. The predicted octanol–water partition coefficient (Wildman–Crippen LogP) is 1.83. The Morgan fingerprint density at radius 3 is 2.91 bits per heavy atom. The third-order valence-corrected chi connectivity index (χ3v) is 1.69. The van der Waals surface area contributed by atoms with Gasteiger partial charge in [-0.05, 0) is 18.8 Å². The first-order valence-electron chi connectivity index (χ1n) is 4.17. The number of nitrogens with one attached hydrogen (secondary N) is 1. The first kappa shape index (κ1) is 8.31. The highest BCUT2D eigenvalue weighted by atomic mass is 16.1. The van der Waals surface area contributed by atoms with Crippen LogP contribution < -0.4 is 5.32 Å². The summed E-state index contributed by atoms with van der Waals surface area (Å²) in [6.45, 7) is 4.31. The summed E-state index contributed by atoms with van der Waals surface area (Å²) in [6, 6.07) is 0. The van der Waals surface area contributed by atoms with E-state index >= 15 is 0 Å². The maximum Gasteiger partial charge on any atom is 0.224 e. The molecule has 2 heteroatoms. The summed E-state index contributed by atoms with van der Waals surface area (Å²) in [5, 5.41) is 2.87. The smallest absolute Gasteiger partial charge is 0.224 e. The van der Waals surface area contributed by atoms with Crippen molar-refractivity contribution in [3.05, 3.63) is 11.8 Å². The van der Waals surface area contributed by atoms with Crippen LogP contribution in [-0.2, 0) is 4.79 Å². The van der Waals surface area contributed by atoms with Crippen LogP contribution in [0.3, 0.4) is 0 Å². The van der Waals surface area contributed by atoms with Gasteiger partial charge in [-0.15, -0.1) is 0 Å². The molecule has 1 aliphatic heterocycles. The van der Waals surface area contributed by atoms with Crippen LogP contribution in [0.15, 0.2) is 11.8 Å². The number of hydrogen-bond acceptors (Lipinski definition) is 1. The van der Waals surface area contributed by atoms with Crippen molar-refractivity contribution in [2.45, 2.75) is 33.1 Å². The highest BCUT2D eigenvalue weighted by Gasteiger charge is 2.10. The molecular formula is C9H15NO. The van der Waals surface area contributed by atoms with Crippen LogP contribution in [-0.4, -0.2) is 5.91 Å². The van der Waals surface area contributed by atoms with Crippen molar-refractivity contribution in [3.8, 4) is 0 Å². The Hall–Kier alpha value is -0.790. The van der Waals surface area contributed by atoms with Gasteiger partial charge in [-0.3, -0.25) is 4.79 Å². The van der Waals surface area contributed by atoms with Gasteiger partial charge in [0, 0.05) is 12.1 Å². The lowest BCUT2D eigenvalue weighted by molar-refractivity contribution is -0.120. The van der Waals surface area contributed by atoms with E-state index in [2.05, 4.69) is 25.2 Å². The zero-order valence-corrected chi connectivity index (χ0v) is 7.18. The molecule has 1 amide bonds. The molecule has 0 spiro atoms. The molecule has 0 aromatic heterocycles. The van der Waals surface area contributed by atoms with E-state index in [1.54, 1.807) is 0 Å². The maximum atomic E-state index is 10.9. The molecule has 1 rings (SSSR count). The zero-order valence-electron chi connectivity index (χ0n) is 7.18. The molecule has 1 N–H and O–H groups in total. The van der Waals surface area contributed by atoms with Crippen molar-refractivity contribution in [1.29, 1.82) is 0 Å². The summed E-state index contributed by atoms with van der Waals surface area (Å²) >= 11 is 0. The molecule has 1 aliphatic rings. The van der Waals surface area contributed by atoms with Crippen LogP contribution in [0.4, 0.5) is 0 Å². The third kappa shape index (κ3) is 2.74. The highest BCUT2D eigenvalue weighted by molar-refractivity contribution is 5.79. The molecule has 0 saturated carbocycles. The predicted molar refractivity (Wildman–Crippen MR) is 44.9 cm³/mol. The molecule has 0 unspecified atom stereocenters. The van der Waals surface area contributed by atoms with E-state index in [-0.39, 0.29) is 5.91 Å². The fourth-order valence-electron chi connectivity index (χ4n) is 1.24. The first-order valence-corrected chi connectivity index (χ1v) is 4.17. The van der Waals surface area contributed by atoms with Crippen LogP contribution in [0, 0.1) is 5.92 Å². The molecule has 11 heavy (non-hydrogen) atoms. The molecule has 1 heterocycles. The number of amides is 1. The van der Waals surface area contributed by atoms with Crippen LogP contribution in [0.2, 0.25) is 0 Å². The van der Waals surface area contributed by atoms with Gasteiger partial charge < -0.3 is 5.32 Å². The lowest BCUT2D eigenvalue weighted by Crippen LogP contribution is -2.26. The van der Waals surface area contributed by atoms with Gasteiger partial charge in [0.1, 0.15) is 0 Å². The summed E-state index contributed by atoms with van der Waals surface area (Å²) in [6.07, 6.45) is 4.68. The van der Waals surface area contributed by atoms with Gasteiger partial charge in [0.15, 0.2) is 0 Å². The van der Waals surface area contributed by atoms with Crippen molar-refractivity contribution in [2.24, 2.45) is 5.92 Å². The second-order valence-electron chi connectivity index (χ2n) is 3.41. The molecule has 0 fully saturated rings. The lowest BCUT2D eigenvalue weighted by atomic mass is 10.0. The van der Waals surface area contributed by atoms with E-state index < -0.39 is 0 Å². The Balaban J connectivity index is 2.45. The molecule has 0 aliphatic carbocycles. The summed E-state index contributed by atoms with van der Waals surface area (Å²) in [7, 11) is 0. The van der Waals surface area contributed by atoms with E-state index in [1.165, 1.54) is 0 Å². The number of carbonyl (C=O) groups excluding carboxylic acids is 1. The molecule has 0 aromatic carbocycles. The van der Waals surface area contributed by atoms with Gasteiger partial charge in [-0.1, -0.05) is 19.9 Å². The monoisotopic (exact) mass is 153 g/mol. The van der Waals surface area contributed by atoms with E-state index in [9.17, 15) is 4.79 Å². The summed E-state index contributed by atoms with van der Waals surface area (Å²) < 4.78 is 0. The SMILES string of the molecule is CC(C)CC1=CCCC(=O)N1. The largest absolute Gasteiger partial charge is 0.330 e. The van der Waals surface area contributed by atoms with E-state index in [4.69, 9.17) is 0 Å². The van der Waals surface area contributed by atoms with Crippen molar-refractivity contribution in [3.63, 3.8) is 0 Å². The minimum absolute atomic E-state index is 0.170. The number of carbonyl (C=O) groups is 1. The second-order valence-corrected chi connectivity index (χ2v) is 3.41. The van der Waals surface area contributed by atoms with Crippen LogP contribution in [0.1, 0.15) is 33.1 Å². The maximum absolute atomic E-state index is 10.9. The second kappa shape index (κ2) is 3.56. The Morgan fingerprint density at radius 1 is 1.64 bits per heavy atom. The quantitative estimate of drug-likeness (QED) is 0.644. The number of allylic oxidation sites excluding steroid dienone is 2. The van der Waals surface area contributed by atoms with Gasteiger partial charge in [-0.25, -0.2) is 0 Å². The number of rotatable bonds is 2. The molecule has 62 valence electrons. The molecule has 2 nitrogen and oxygen atoms in total. The van der Waals surface area contributed by atoms with Crippen LogP contribution in [0.5, 0.6) is 0 Å². The van der Waals surface area contributed by atoms with E-state index in [1.807, 2.05) is 0 Å². The van der Waals surface area contributed by atoms with Crippen LogP contribution >= 0.6 is 0 Å². The normalized spacial score (nSPS) is 18.1. The number of hydrogen-bond donors (Lipinski definition) is 1. The molecule has 0 bridgehead atoms. The Labute approximate surface area is 67.7 Å². The summed E-state index contributed by atoms with van der Waals surface area (Å²) in [5.74, 6) is 0.794. The van der Waals surface area contributed by atoms with Gasteiger partial charge in [0.2, 0.25) is 5.91 Å². The van der Waals surface area contributed by atoms with Gasteiger partial charge in [0.05, 0.1) is 0 Å². The third-order valence-electron chi connectivity index (χ3n) is 1.69. The fourth-order valence-corrected chi connectivity index (χ4v) is 1.24. The van der Waals surface area contributed by atoms with Crippen LogP contribution in [0.25, 0.3) is 0 Å². The average Bonchev–Trinajstić information content (AvgIpc) is 1.85.